The first kappa shape index (κ1) is 13.9. The first-order chi connectivity index (χ1) is 8.61. The number of hydrogen-bond acceptors (Lipinski definition) is 2. The summed E-state index contributed by atoms with van der Waals surface area (Å²) in [6, 6.07) is 4.36. The number of nitrogens with one attached hydrogen (secondary N) is 1. The number of carbonyl (C=O) groups is 1. The molecule has 0 aromatic heterocycles. The van der Waals surface area contributed by atoms with Crippen LogP contribution < -0.4 is 5.32 Å². The van der Waals surface area contributed by atoms with E-state index in [9.17, 15) is 9.18 Å². The van der Waals surface area contributed by atoms with Crippen molar-refractivity contribution in [1.82, 2.24) is 5.32 Å². The van der Waals surface area contributed by atoms with Crippen LogP contribution in [0.25, 0.3) is 0 Å². The summed E-state index contributed by atoms with van der Waals surface area (Å²) in [5, 5.41) is 3.48. The molecule has 1 aliphatic rings. The third kappa shape index (κ3) is 3.06. The standard InChI is InChI=1S/C13H15BrFNOS/c1-18-12-4-2-3-11(12)16-13(17)9-7-8(15)5-6-10(9)14/h5-7,11-12H,2-4H2,1H3,(H,16,17). The van der Waals surface area contributed by atoms with Gasteiger partial charge in [-0.2, -0.15) is 11.8 Å². The Morgan fingerprint density at radius 3 is 3.00 bits per heavy atom. The van der Waals surface area contributed by atoms with Gasteiger partial charge in [0.1, 0.15) is 5.82 Å². The van der Waals surface area contributed by atoms with Crippen LogP contribution in [0, 0.1) is 5.82 Å². The molecule has 1 aromatic carbocycles. The smallest absolute Gasteiger partial charge is 0.252 e. The van der Waals surface area contributed by atoms with Crippen LogP contribution >= 0.6 is 27.7 Å². The number of rotatable bonds is 3. The Hall–Kier alpha value is -0.550. The van der Waals surface area contributed by atoms with E-state index in [1.54, 1.807) is 17.8 Å². The van der Waals surface area contributed by atoms with Crippen molar-refractivity contribution in [2.75, 3.05) is 6.26 Å². The summed E-state index contributed by atoms with van der Waals surface area (Å²) >= 11 is 5.06. The summed E-state index contributed by atoms with van der Waals surface area (Å²) in [5.74, 6) is -0.594. The van der Waals surface area contributed by atoms with E-state index in [1.165, 1.54) is 12.1 Å². The predicted molar refractivity (Wildman–Crippen MR) is 76.5 cm³/mol. The molecule has 5 heteroatoms. The van der Waals surface area contributed by atoms with Gasteiger partial charge in [-0.1, -0.05) is 6.42 Å². The maximum Gasteiger partial charge on any atom is 0.252 e. The maximum absolute atomic E-state index is 13.2. The maximum atomic E-state index is 13.2. The lowest BCUT2D eigenvalue weighted by molar-refractivity contribution is 0.0937. The largest absolute Gasteiger partial charge is 0.348 e. The Labute approximate surface area is 119 Å². The van der Waals surface area contributed by atoms with Gasteiger partial charge in [-0.15, -0.1) is 0 Å². The third-order valence-corrected chi connectivity index (χ3v) is 5.11. The molecule has 1 amide bonds. The van der Waals surface area contributed by atoms with E-state index in [1.807, 2.05) is 0 Å². The first-order valence-corrected chi connectivity index (χ1v) is 7.98. The molecule has 0 heterocycles. The van der Waals surface area contributed by atoms with Gasteiger partial charge in [-0.3, -0.25) is 4.79 Å². The molecule has 2 rings (SSSR count). The quantitative estimate of drug-likeness (QED) is 0.916. The van der Waals surface area contributed by atoms with Crippen molar-refractivity contribution in [3.05, 3.63) is 34.1 Å². The predicted octanol–water partition coefficient (Wildman–Crippen LogP) is 3.60. The molecule has 98 valence electrons. The molecule has 1 aromatic rings. The fourth-order valence-electron chi connectivity index (χ4n) is 2.29. The monoisotopic (exact) mass is 331 g/mol. The van der Waals surface area contributed by atoms with Gasteiger partial charge in [0.05, 0.1) is 5.56 Å². The van der Waals surface area contributed by atoms with E-state index >= 15 is 0 Å². The Morgan fingerprint density at radius 2 is 2.28 bits per heavy atom. The SMILES string of the molecule is CSC1CCCC1NC(=O)c1cc(F)ccc1Br. The third-order valence-electron chi connectivity index (χ3n) is 3.24. The van der Waals surface area contributed by atoms with Gasteiger partial charge in [0, 0.05) is 15.8 Å². The minimum absolute atomic E-state index is 0.197. The number of halogens is 2. The molecule has 18 heavy (non-hydrogen) atoms. The average Bonchev–Trinajstić information content (AvgIpc) is 2.79. The molecule has 2 nitrogen and oxygen atoms in total. The van der Waals surface area contributed by atoms with Gasteiger partial charge in [-0.05, 0) is 53.2 Å². The molecule has 1 saturated carbocycles. The summed E-state index contributed by atoms with van der Waals surface area (Å²) in [7, 11) is 0. The van der Waals surface area contributed by atoms with Gasteiger partial charge >= 0.3 is 0 Å². The van der Waals surface area contributed by atoms with Crippen molar-refractivity contribution in [2.45, 2.75) is 30.6 Å². The van der Waals surface area contributed by atoms with E-state index in [0.29, 0.717) is 15.3 Å². The minimum atomic E-state index is -0.392. The van der Waals surface area contributed by atoms with Gasteiger partial charge in [0.25, 0.3) is 5.91 Å². The molecule has 1 aliphatic carbocycles. The van der Waals surface area contributed by atoms with Crippen molar-refractivity contribution >= 4 is 33.6 Å². The van der Waals surface area contributed by atoms with Crippen molar-refractivity contribution < 1.29 is 9.18 Å². The lowest BCUT2D eigenvalue weighted by Crippen LogP contribution is -2.38. The molecule has 0 aliphatic heterocycles. The molecular formula is C13H15BrFNOS. The first-order valence-electron chi connectivity index (χ1n) is 5.90. The van der Waals surface area contributed by atoms with Crippen LogP contribution in [0.5, 0.6) is 0 Å². The number of thioether (sulfide) groups is 1. The Kier molecular flexibility index (Phi) is 4.67. The normalized spacial score (nSPS) is 23.1. The lowest BCUT2D eigenvalue weighted by Gasteiger charge is -2.19. The topological polar surface area (TPSA) is 29.1 Å². The molecule has 0 bridgehead atoms. The zero-order valence-electron chi connectivity index (χ0n) is 10.1. The highest BCUT2D eigenvalue weighted by atomic mass is 79.9. The fourth-order valence-corrected chi connectivity index (χ4v) is 3.65. The summed E-state index contributed by atoms with van der Waals surface area (Å²) in [4.78, 5) is 12.1. The summed E-state index contributed by atoms with van der Waals surface area (Å²) < 4.78 is 13.8. The highest BCUT2D eigenvalue weighted by Gasteiger charge is 2.28. The van der Waals surface area contributed by atoms with Crippen LogP contribution in [0.1, 0.15) is 29.6 Å². The van der Waals surface area contributed by atoms with E-state index in [0.717, 1.165) is 19.3 Å². The molecule has 1 fully saturated rings. The van der Waals surface area contributed by atoms with Crippen molar-refractivity contribution in [1.29, 1.82) is 0 Å². The number of amides is 1. The van der Waals surface area contributed by atoms with Crippen molar-refractivity contribution in [2.24, 2.45) is 0 Å². The molecular weight excluding hydrogens is 317 g/mol. The zero-order valence-corrected chi connectivity index (χ0v) is 12.5. The van der Waals surface area contributed by atoms with Gasteiger partial charge < -0.3 is 5.32 Å². The second-order valence-electron chi connectivity index (χ2n) is 4.41. The van der Waals surface area contributed by atoms with Crippen LogP contribution in [0.3, 0.4) is 0 Å². The van der Waals surface area contributed by atoms with Gasteiger partial charge in [0.2, 0.25) is 0 Å². The molecule has 2 unspecified atom stereocenters. The second-order valence-corrected chi connectivity index (χ2v) is 6.34. The van der Waals surface area contributed by atoms with Crippen LogP contribution in [0.15, 0.2) is 22.7 Å². The van der Waals surface area contributed by atoms with E-state index in [2.05, 4.69) is 27.5 Å². The summed E-state index contributed by atoms with van der Waals surface area (Å²) in [5.41, 5.74) is 0.363. The number of benzene rings is 1. The van der Waals surface area contributed by atoms with E-state index in [-0.39, 0.29) is 11.9 Å². The number of carbonyl (C=O) groups excluding carboxylic acids is 1. The van der Waals surface area contributed by atoms with Crippen molar-refractivity contribution in [3.8, 4) is 0 Å². The highest BCUT2D eigenvalue weighted by Crippen LogP contribution is 2.29. The Bertz CT molecular complexity index is 455. The molecule has 0 radical (unpaired) electrons. The highest BCUT2D eigenvalue weighted by molar-refractivity contribution is 9.10. The van der Waals surface area contributed by atoms with Gasteiger partial charge in [0.15, 0.2) is 0 Å². The van der Waals surface area contributed by atoms with Crippen LogP contribution in [-0.4, -0.2) is 23.5 Å². The second kappa shape index (κ2) is 6.06. The Balaban J connectivity index is 2.09. The molecule has 1 N–H and O–H groups in total. The van der Waals surface area contributed by atoms with Crippen LogP contribution in [0.4, 0.5) is 4.39 Å². The molecule has 0 saturated heterocycles. The molecule has 2 atom stereocenters. The average molecular weight is 332 g/mol. The molecule has 0 spiro atoms. The summed E-state index contributed by atoms with van der Waals surface area (Å²) in [6.45, 7) is 0. The van der Waals surface area contributed by atoms with Crippen molar-refractivity contribution in [3.63, 3.8) is 0 Å². The minimum Gasteiger partial charge on any atom is -0.348 e. The fraction of sp³-hybridized carbons (Fsp3) is 0.462. The number of hydrogen-bond donors (Lipinski definition) is 1. The lowest BCUT2D eigenvalue weighted by atomic mass is 10.1. The van der Waals surface area contributed by atoms with E-state index < -0.39 is 5.82 Å². The zero-order chi connectivity index (χ0) is 13.1. The van der Waals surface area contributed by atoms with Crippen LogP contribution in [-0.2, 0) is 0 Å². The Morgan fingerprint density at radius 1 is 1.50 bits per heavy atom. The van der Waals surface area contributed by atoms with Crippen LogP contribution in [0.2, 0.25) is 0 Å². The van der Waals surface area contributed by atoms with E-state index in [4.69, 9.17) is 0 Å². The van der Waals surface area contributed by atoms with Gasteiger partial charge in [-0.25, -0.2) is 4.39 Å². The summed E-state index contributed by atoms with van der Waals surface area (Å²) in [6.07, 6.45) is 5.34.